The van der Waals surface area contributed by atoms with Crippen LogP contribution in [0.4, 0.5) is 0 Å². The van der Waals surface area contributed by atoms with E-state index in [1.807, 2.05) is 31.0 Å². The second-order valence-corrected chi connectivity index (χ2v) is 6.49. The molecule has 0 saturated carbocycles. The number of para-hydroxylation sites is 1. The second-order valence-electron chi connectivity index (χ2n) is 6.49. The summed E-state index contributed by atoms with van der Waals surface area (Å²) in [6.45, 7) is 5.39. The first-order chi connectivity index (χ1) is 12.5. The molecule has 2 aromatic rings. The SMILES string of the molecule is CC/C(=N\N1CCCCC1)c1c(O)n(-c2ccccc2C)c(=O)[nH]c1=O. The molecule has 7 heteroatoms. The lowest BCUT2D eigenvalue weighted by Crippen LogP contribution is -2.34. The summed E-state index contributed by atoms with van der Waals surface area (Å²) in [5, 5.41) is 17.3. The number of nitrogens with one attached hydrogen (secondary N) is 1. The summed E-state index contributed by atoms with van der Waals surface area (Å²) < 4.78 is 1.13. The van der Waals surface area contributed by atoms with E-state index >= 15 is 0 Å². The van der Waals surface area contributed by atoms with E-state index in [9.17, 15) is 14.7 Å². The van der Waals surface area contributed by atoms with Crippen LogP contribution in [0, 0.1) is 6.92 Å². The summed E-state index contributed by atoms with van der Waals surface area (Å²) in [6, 6.07) is 7.20. The second kappa shape index (κ2) is 7.59. The van der Waals surface area contributed by atoms with Crippen LogP contribution < -0.4 is 11.2 Å². The highest BCUT2D eigenvalue weighted by Crippen LogP contribution is 2.21. The molecule has 3 rings (SSSR count). The van der Waals surface area contributed by atoms with Crippen molar-refractivity contribution in [2.45, 2.75) is 39.5 Å². The van der Waals surface area contributed by atoms with Gasteiger partial charge in [0.25, 0.3) is 5.56 Å². The fourth-order valence-corrected chi connectivity index (χ4v) is 3.27. The van der Waals surface area contributed by atoms with Gasteiger partial charge in [0.1, 0.15) is 5.56 Å². The van der Waals surface area contributed by atoms with E-state index in [4.69, 9.17) is 0 Å². The standard InChI is InChI=1S/C19H24N4O3/c1-3-14(21-22-11-7-4-8-12-22)16-17(24)20-19(26)23(18(16)25)15-10-6-5-9-13(15)2/h5-6,9-10,25H,3-4,7-8,11-12H2,1-2H3,(H,20,24,26)/b21-14+. The Kier molecular flexibility index (Phi) is 5.25. The van der Waals surface area contributed by atoms with Crippen molar-refractivity contribution < 1.29 is 5.11 Å². The highest BCUT2D eigenvalue weighted by Gasteiger charge is 2.21. The average molecular weight is 356 g/mol. The van der Waals surface area contributed by atoms with Gasteiger partial charge in [0.2, 0.25) is 5.88 Å². The van der Waals surface area contributed by atoms with E-state index in [2.05, 4.69) is 10.1 Å². The number of aromatic nitrogens is 2. The molecule has 2 N–H and O–H groups in total. The maximum atomic E-state index is 12.4. The van der Waals surface area contributed by atoms with Crippen LogP contribution in [0.3, 0.4) is 0 Å². The summed E-state index contributed by atoms with van der Waals surface area (Å²) in [5.41, 5.74) is 0.595. The highest BCUT2D eigenvalue weighted by molar-refractivity contribution is 6.01. The van der Waals surface area contributed by atoms with Gasteiger partial charge in [-0.25, -0.2) is 9.36 Å². The molecule has 1 aromatic heterocycles. The van der Waals surface area contributed by atoms with E-state index in [-0.39, 0.29) is 11.4 Å². The number of aromatic amines is 1. The Labute approximate surface area is 151 Å². The molecule has 0 bridgehead atoms. The predicted octanol–water partition coefficient (Wildman–Crippen LogP) is 2.14. The van der Waals surface area contributed by atoms with Gasteiger partial charge in [0, 0.05) is 13.1 Å². The van der Waals surface area contributed by atoms with Crippen molar-refractivity contribution >= 4 is 5.71 Å². The molecule has 0 unspecified atom stereocenters. The number of H-pyrrole nitrogens is 1. The van der Waals surface area contributed by atoms with Gasteiger partial charge in [-0.1, -0.05) is 25.1 Å². The van der Waals surface area contributed by atoms with Gasteiger partial charge in [-0.3, -0.25) is 14.8 Å². The molecule has 1 aromatic carbocycles. The molecule has 1 fully saturated rings. The number of aromatic hydroxyl groups is 1. The Bertz CT molecular complexity index is 937. The molecule has 2 heterocycles. The third kappa shape index (κ3) is 3.42. The largest absolute Gasteiger partial charge is 0.493 e. The van der Waals surface area contributed by atoms with E-state index in [1.165, 1.54) is 6.42 Å². The molecule has 0 aliphatic carbocycles. The van der Waals surface area contributed by atoms with Crippen LogP contribution in [0.5, 0.6) is 5.88 Å². The molecule has 1 saturated heterocycles. The van der Waals surface area contributed by atoms with Crippen LogP contribution in [0.2, 0.25) is 0 Å². The van der Waals surface area contributed by atoms with Crippen LogP contribution in [0.25, 0.3) is 5.69 Å². The molecular formula is C19H24N4O3. The van der Waals surface area contributed by atoms with E-state index < -0.39 is 11.2 Å². The van der Waals surface area contributed by atoms with Gasteiger partial charge in [0.05, 0.1) is 11.4 Å². The van der Waals surface area contributed by atoms with Crippen molar-refractivity contribution in [1.82, 2.24) is 14.6 Å². The molecule has 26 heavy (non-hydrogen) atoms. The minimum Gasteiger partial charge on any atom is -0.493 e. The Hall–Kier alpha value is -2.83. The molecule has 0 atom stereocenters. The topological polar surface area (TPSA) is 90.7 Å². The number of aryl methyl sites for hydroxylation is 1. The quantitative estimate of drug-likeness (QED) is 0.821. The molecule has 1 aliphatic heterocycles. The van der Waals surface area contributed by atoms with Crippen molar-refractivity contribution in [3.63, 3.8) is 0 Å². The normalized spacial score (nSPS) is 15.3. The van der Waals surface area contributed by atoms with Crippen molar-refractivity contribution in [3.05, 3.63) is 56.2 Å². The number of rotatable bonds is 4. The third-order valence-corrected chi connectivity index (χ3v) is 4.66. The number of hydrogen-bond donors (Lipinski definition) is 2. The number of hydrazone groups is 1. The summed E-state index contributed by atoms with van der Waals surface area (Å²) in [7, 11) is 0. The molecular weight excluding hydrogens is 332 g/mol. The first-order valence-electron chi connectivity index (χ1n) is 9.00. The van der Waals surface area contributed by atoms with Gasteiger partial charge in [-0.2, -0.15) is 5.10 Å². The number of piperidine rings is 1. The van der Waals surface area contributed by atoms with Gasteiger partial charge in [-0.15, -0.1) is 0 Å². The first-order valence-corrected chi connectivity index (χ1v) is 9.00. The lowest BCUT2D eigenvalue weighted by Gasteiger charge is -2.25. The smallest absolute Gasteiger partial charge is 0.335 e. The Balaban J connectivity index is 2.17. The molecule has 138 valence electrons. The summed E-state index contributed by atoms with van der Waals surface area (Å²) in [6.07, 6.45) is 3.77. The summed E-state index contributed by atoms with van der Waals surface area (Å²) >= 11 is 0. The molecule has 0 amide bonds. The van der Waals surface area contributed by atoms with Gasteiger partial charge >= 0.3 is 5.69 Å². The number of benzene rings is 1. The Morgan fingerprint density at radius 1 is 1.19 bits per heavy atom. The number of hydrogen-bond acceptors (Lipinski definition) is 5. The maximum Gasteiger partial charge on any atom is 0.335 e. The molecule has 0 spiro atoms. The van der Waals surface area contributed by atoms with Crippen molar-refractivity contribution in [3.8, 4) is 11.6 Å². The fraction of sp³-hybridized carbons (Fsp3) is 0.421. The predicted molar refractivity (Wildman–Crippen MR) is 101 cm³/mol. The van der Waals surface area contributed by atoms with E-state index in [0.29, 0.717) is 17.8 Å². The maximum absolute atomic E-state index is 12.4. The van der Waals surface area contributed by atoms with Gasteiger partial charge in [-0.05, 0) is 44.2 Å². The lowest BCUT2D eigenvalue weighted by atomic mass is 10.1. The monoisotopic (exact) mass is 356 g/mol. The molecule has 0 radical (unpaired) electrons. The van der Waals surface area contributed by atoms with Crippen molar-refractivity contribution in [2.75, 3.05) is 13.1 Å². The Morgan fingerprint density at radius 2 is 1.88 bits per heavy atom. The van der Waals surface area contributed by atoms with E-state index in [1.54, 1.807) is 12.1 Å². The van der Waals surface area contributed by atoms with Crippen LogP contribution in [-0.4, -0.2) is 38.5 Å². The van der Waals surface area contributed by atoms with Crippen LogP contribution >= 0.6 is 0 Å². The third-order valence-electron chi connectivity index (χ3n) is 4.66. The van der Waals surface area contributed by atoms with Crippen molar-refractivity contribution in [1.29, 1.82) is 0 Å². The summed E-state index contributed by atoms with van der Waals surface area (Å²) in [5.74, 6) is -0.370. The molecule has 7 nitrogen and oxygen atoms in total. The zero-order valence-electron chi connectivity index (χ0n) is 15.2. The van der Waals surface area contributed by atoms with Gasteiger partial charge < -0.3 is 5.11 Å². The van der Waals surface area contributed by atoms with Crippen molar-refractivity contribution in [2.24, 2.45) is 5.10 Å². The number of nitrogens with zero attached hydrogens (tertiary/aromatic N) is 3. The van der Waals surface area contributed by atoms with Crippen LogP contribution in [-0.2, 0) is 0 Å². The lowest BCUT2D eigenvalue weighted by molar-refractivity contribution is 0.239. The highest BCUT2D eigenvalue weighted by atomic mass is 16.3. The zero-order valence-corrected chi connectivity index (χ0v) is 15.2. The van der Waals surface area contributed by atoms with Crippen LogP contribution in [0.1, 0.15) is 43.7 Å². The minimum atomic E-state index is -0.668. The first kappa shape index (κ1) is 18.0. The zero-order chi connectivity index (χ0) is 18.7. The Morgan fingerprint density at radius 3 is 2.54 bits per heavy atom. The fourth-order valence-electron chi connectivity index (χ4n) is 3.27. The van der Waals surface area contributed by atoms with E-state index in [0.717, 1.165) is 36.1 Å². The summed E-state index contributed by atoms with van der Waals surface area (Å²) in [4.78, 5) is 27.1. The average Bonchev–Trinajstić information content (AvgIpc) is 2.63. The minimum absolute atomic E-state index is 0.0564. The molecule has 1 aliphatic rings. The van der Waals surface area contributed by atoms with Crippen LogP contribution in [0.15, 0.2) is 39.0 Å². The van der Waals surface area contributed by atoms with Gasteiger partial charge in [0.15, 0.2) is 0 Å².